The lowest BCUT2D eigenvalue weighted by molar-refractivity contribution is -0.153. The number of benzene rings is 1. The third kappa shape index (κ3) is 3.41. The summed E-state index contributed by atoms with van der Waals surface area (Å²) in [7, 11) is -1.59. The van der Waals surface area contributed by atoms with Crippen molar-refractivity contribution in [3.8, 4) is 5.75 Å². The Bertz CT molecular complexity index is 925. The van der Waals surface area contributed by atoms with Gasteiger partial charge in [-0.25, -0.2) is 9.98 Å². The second-order valence-electron chi connectivity index (χ2n) is 5.51. The van der Waals surface area contributed by atoms with Gasteiger partial charge in [-0.3, -0.25) is 9.19 Å². The second kappa shape index (κ2) is 6.21. The number of alkyl halides is 3. The first-order chi connectivity index (χ1) is 11.7. The van der Waals surface area contributed by atoms with Gasteiger partial charge in [-0.05, 0) is 19.1 Å². The van der Waals surface area contributed by atoms with Crippen molar-refractivity contribution < 1.29 is 22.1 Å². The van der Waals surface area contributed by atoms with Crippen LogP contribution in [0.3, 0.4) is 0 Å². The molecular weight excluding hydrogens is 355 g/mol. The zero-order valence-electron chi connectivity index (χ0n) is 13.4. The molecule has 2 heterocycles. The molecule has 0 saturated heterocycles. The van der Waals surface area contributed by atoms with Crippen molar-refractivity contribution in [3.05, 3.63) is 58.5 Å². The second-order valence-corrected chi connectivity index (χ2v) is 6.99. The summed E-state index contributed by atoms with van der Waals surface area (Å²) in [5.74, 6) is 0.00788. The summed E-state index contributed by atoms with van der Waals surface area (Å²) in [5.41, 5.74) is 0.604. The lowest BCUT2D eigenvalue weighted by Gasteiger charge is -2.21. The first-order valence-electron chi connectivity index (χ1n) is 7.26. The molecule has 0 fully saturated rings. The summed E-state index contributed by atoms with van der Waals surface area (Å²) >= 11 is 0. The number of nitrogens with zero attached hydrogens (tertiary/aromatic N) is 3. The van der Waals surface area contributed by atoms with E-state index in [2.05, 4.69) is 15.0 Å². The SMILES string of the molecule is Cc1cnc(C2(S(C)=O)N=c3ccccc3=N2)cc1OCC(F)(F)F. The smallest absolute Gasteiger partial charge is 0.422 e. The van der Waals surface area contributed by atoms with E-state index in [4.69, 9.17) is 4.74 Å². The fourth-order valence-corrected chi connectivity index (χ4v) is 3.25. The molecule has 0 N–H and O–H groups in total. The Morgan fingerprint density at radius 1 is 1.20 bits per heavy atom. The molecular formula is C16H14F3N3O2S. The van der Waals surface area contributed by atoms with E-state index in [1.165, 1.54) is 18.5 Å². The van der Waals surface area contributed by atoms with Gasteiger partial charge >= 0.3 is 6.18 Å². The highest BCUT2D eigenvalue weighted by Gasteiger charge is 2.40. The van der Waals surface area contributed by atoms with Crippen molar-refractivity contribution in [2.75, 3.05) is 12.9 Å². The molecule has 0 bridgehead atoms. The van der Waals surface area contributed by atoms with Crippen LogP contribution in [0.15, 0.2) is 46.5 Å². The van der Waals surface area contributed by atoms with Gasteiger partial charge in [-0.15, -0.1) is 0 Å². The number of aromatic nitrogens is 1. The molecule has 5 nitrogen and oxygen atoms in total. The first kappa shape index (κ1) is 17.5. The van der Waals surface area contributed by atoms with Crippen molar-refractivity contribution in [2.24, 2.45) is 9.98 Å². The van der Waals surface area contributed by atoms with Crippen LogP contribution in [0.2, 0.25) is 0 Å². The number of rotatable bonds is 4. The molecule has 0 amide bonds. The van der Waals surface area contributed by atoms with Crippen LogP contribution in [0.1, 0.15) is 11.3 Å². The van der Waals surface area contributed by atoms with Gasteiger partial charge in [0.05, 0.1) is 21.5 Å². The van der Waals surface area contributed by atoms with Gasteiger partial charge in [-0.1, -0.05) is 12.1 Å². The van der Waals surface area contributed by atoms with Gasteiger partial charge in [0.1, 0.15) is 11.4 Å². The van der Waals surface area contributed by atoms with Gasteiger partial charge in [0.2, 0.25) is 0 Å². The molecule has 1 aliphatic rings. The maximum atomic E-state index is 12.4. The minimum atomic E-state index is -4.46. The molecule has 3 rings (SSSR count). The fourth-order valence-electron chi connectivity index (χ4n) is 2.39. The van der Waals surface area contributed by atoms with E-state index in [1.54, 1.807) is 31.2 Å². The Labute approximate surface area is 143 Å². The van der Waals surface area contributed by atoms with Crippen LogP contribution in [0.4, 0.5) is 13.2 Å². The third-order valence-corrected chi connectivity index (χ3v) is 4.80. The van der Waals surface area contributed by atoms with Crippen molar-refractivity contribution >= 4 is 10.8 Å². The van der Waals surface area contributed by atoms with Gasteiger partial charge in [0.25, 0.3) is 4.99 Å². The van der Waals surface area contributed by atoms with E-state index in [0.717, 1.165) is 0 Å². The number of halogens is 3. The summed E-state index contributed by atoms with van der Waals surface area (Å²) < 4.78 is 54.6. The Kier molecular flexibility index (Phi) is 4.36. The maximum Gasteiger partial charge on any atom is 0.422 e. The van der Waals surface area contributed by atoms with Crippen LogP contribution in [0.5, 0.6) is 5.75 Å². The molecule has 9 heteroatoms. The van der Waals surface area contributed by atoms with Crippen molar-refractivity contribution in [2.45, 2.75) is 18.1 Å². The largest absolute Gasteiger partial charge is 0.484 e. The number of aryl methyl sites for hydroxylation is 1. The van der Waals surface area contributed by atoms with Crippen LogP contribution >= 0.6 is 0 Å². The summed E-state index contributed by atoms with van der Waals surface area (Å²) in [6.07, 6.45) is -1.67. The average Bonchev–Trinajstić information content (AvgIpc) is 2.94. The highest BCUT2D eigenvalue weighted by atomic mass is 32.2. The summed E-state index contributed by atoms with van der Waals surface area (Å²) in [6, 6.07) is 8.31. The number of pyridine rings is 1. The summed E-state index contributed by atoms with van der Waals surface area (Å²) in [6.45, 7) is 0.157. The first-order valence-corrected chi connectivity index (χ1v) is 8.82. The quantitative estimate of drug-likeness (QED) is 0.825. The Morgan fingerprint density at radius 3 is 2.32 bits per heavy atom. The van der Waals surface area contributed by atoms with Crippen LogP contribution in [-0.4, -0.2) is 28.2 Å². The molecule has 0 saturated carbocycles. The van der Waals surface area contributed by atoms with E-state index in [-0.39, 0.29) is 11.4 Å². The number of ether oxygens (including phenoxy) is 1. The van der Waals surface area contributed by atoms with Crippen LogP contribution < -0.4 is 15.5 Å². The Hall–Kier alpha value is -2.29. The molecule has 1 atom stereocenters. The molecule has 0 radical (unpaired) electrons. The van der Waals surface area contributed by atoms with Crippen molar-refractivity contribution in [3.63, 3.8) is 0 Å². The van der Waals surface area contributed by atoms with Gasteiger partial charge in [0, 0.05) is 24.1 Å². The third-order valence-electron chi connectivity index (χ3n) is 3.61. The highest BCUT2D eigenvalue weighted by Crippen LogP contribution is 2.33. The number of hydrogen-bond donors (Lipinski definition) is 0. The molecule has 0 spiro atoms. The Balaban J connectivity index is 2.08. The Morgan fingerprint density at radius 2 is 1.80 bits per heavy atom. The number of para-hydroxylation sites is 2. The molecule has 2 aromatic rings. The predicted molar refractivity (Wildman–Crippen MR) is 85.0 cm³/mol. The van der Waals surface area contributed by atoms with Crippen LogP contribution in [-0.2, 0) is 15.8 Å². The van der Waals surface area contributed by atoms with E-state index < -0.39 is 28.6 Å². The van der Waals surface area contributed by atoms with Crippen LogP contribution in [0.25, 0.3) is 0 Å². The van der Waals surface area contributed by atoms with Gasteiger partial charge in [-0.2, -0.15) is 13.2 Å². The van der Waals surface area contributed by atoms with Gasteiger partial charge < -0.3 is 4.74 Å². The monoisotopic (exact) mass is 369 g/mol. The lowest BCUT2D eigenvalue weighted by atomic mass is 10.2. The predicted octanol–water partition coefficient (Wildman–Crippen LogP) is 1.77. The minimum absolute atomic E-state index is 0.00788. The van der Waals surface area contributed by atoms with E-state index in [0.29, 0.717) is 16.3 Å². The topological polar surface area (TPSA) is 63.9 Å². The van der Waals surface area contributed by atoms with Gasteiger partial charge in [0.15, 0.2) is 6.61 Å². The summed E-state index contributed by atoms with van der Waals surface area (Å²) in [4.78, 5) is 11.6. The number of fused-ring (bicyclic) bond motifs is 1. The molecule has 132 valence electrons. The molecule has 1 aromatic heterocycles. The van der Waals surface area contributed by atoms with Crippen LogP contribution in [0, 0.1) is 6.92 Å². The van der Waals surface area contributed by atoms with E-state index >= 15 is 0 Å². The van der Waals surface area contributed by atoms with Crippen molar-refractivity contribution in [1.82, 2.24) is 4.98 Å². The lowest BCUT2D eigenvalue weighted by Crippen LogP contribution is -2.27. The molecule has 1 unspecified atom stereocenters. The average molecular weight is 369 g/mol. The van der Waals surface area contributed by atoms with Crippen molar-refractivity contribution in [1.29, 1.82) is 0 Å². The number of hydrogen-bond acceptors (Lipinski definition) is 5. The molecule has 25 heavy (non-hydrogen) atoms. The maximum absolute atomic E-state index is 12.4. The van der Waals surface area contributed by atoms with E-state index in [9.17, 15) is 17.4 Å². The van der Waals surface area contributed by atoms with E-state index in [1.807, 2.05) is 0 Å². The highest BCUT2D eigenvalue weighted by molar-refractivity contribution is 7.85. The standard InChI is InChI=1S/C16H14F3N3O2S/c1-10-8-20-14(7-13(10)24-9-15(17,18)19)16(25(2)23)21-11-5-3-4-6-12(11)22-16/h3-8H,9H2,1-2H3. The zero-order valence-corrected chi connectivity index (χ0v) is 14.2. The summed E-state index contributed by atoms with van der Waals surface area (Å²) in [5, 5.41) is 1.11. The fraction of sp³-hybridized carbons (Fsp3) is 0.312. The normalized spacial score (nSPS) is 16.5. The molecule has 0 aliphatic carbocycles. The molecule has 1 aromatic carbocycles. The zero-order chi connectivity index (χ0) is 18.2. The minimum Gasteiger partial charge on any atom is -0.484 e. The molecule has 1 aliphatic heterocycles.